The number of amides is 2. The number of piperidine rings is 2. The number of carbonyl (C=O) groups is 3. The minimum Gasteiger partial charge on any atom is -0.475 e. The van der Waals surface area contributed by atoms with E-state index in [0.717, 1.165) is 107 Å². The summed E-state index contributed by atoms with van der Waals surface area (Å²) >= 11 is 0. The molecule has 1 unspecified atom stereocenters. The summed E-state index contributed by atoms with van der Waals surface area (Å²) < 4.78 is 38.1. The maximum Gasteiger partial charge on any atom is 0.490 e. The number of aliphatic carboxylic acids is 1. The van der Waals surface area contributed by atoms with E-state index in [4.69, 9.17) is 14.6 Å². The van der Waals surface area contributed by atoms with Crippen molar-refractivity contribution in [1.29, 1.82) is 0 Å². The molecule has 1 aliphatic carbocycles. The van der Waals surface area contributed by atoms with Gasteiger partial charge in [0.2, 0.25) is 0 Å². The summed E-state index contributed by atoms with van der Waals surface area (Å²) in [5.41, 5.74) is 2.71. The molecule has 3 aliphatic heterocycles. The van der Waals surface area contributed by atoms with Gasteiger partial charge in [0.25, 0.3) is 5.91 Å². The lowest BCUT2D eigenvalue weighted by Crippen LogP contribution is -2.56. The van der Waals surface area contributed by atoms with E-state index in [9.17, 15) is 22.8 Å². The number of hydrogen-bond acceptors (Lipinski definition) is 5. The Balaban J connectivity index is 0.000000617. The number of carboxylic acids is 1. The molecule has 46 heavy (non-hydrogen) atoms. The van der Waals surface area contributed by atoms with E-state index in [0.29, 0.717) is 6.04 Å². The van der Waals surface area contributed by atoms with Gasteiger partial charge in [0, 0.05) is 57.2 Å². The average Bonchev–Trinajstić information content (AvgIpc) is 3.28. The summed E-state index contributed by atoms with van der Waals surface area (Å²) in [7, 11) is 0. The fourth-order valence-electron chi connectivity index (χ4n) is 8.02. The summed E-state index contributed by atoms with van der Waals surface area (Å²) in [6, 6.07) is 6.85. The van der Waals surface area contributed by atoms with Crippen molar-refractivity contribution in [3.63, 3.8) is 0 Å². The van der Waals surface area contributed by atoms with E-state index in [1.165, 1.54) is 32.1 Å². The largest absolute Gasteiger partial charge is 0.490 e. The van der Waals surface area contributed by atoms with Crippen LogP contribution in [0.25, 0.3) is 0 Å². The van der Waals surface area contributed by atoms with Crippen LogP contribution in [0.1, 0.15) is 112 Å². The standard InChI is InChI=1S/C33H51N3O3.C2HF3O2/c1-4-5-14-29-33(39-32(38)36(29)22-15-27-12-7-6-8-13-27)18-23-34(24-19-33)28-16-20-35(21-17-28)31(37)30-25(2)10-9-11-26(30)3;3-2(4,5)1(6)7/h9-11,27-29H,4-8,12-24H2,1-3H3;(H,6,7). The van der Waals surface area contributed by atoms with Crippen molar-refractivity contribution in [2.45, 2.75) is 128 Å². The van der Waals surface area contributed by atoms with Crippen LogP contribution in [0.3, 0.4) is 0 Å². The lowest BCUT2D eigenvalue weighted by atomic mass is 9.80. The third-order valence-electron chi connectivity index (χ3n) is 10.7. The topological polar surface area (TPSA) is 90.4 Å². The number of benzene rings is 1. The molecule has 4 aliphatic rings. The van der Waals surface area contributed by atoms with Gasteiger partial charge in [0.15, 0.2) is 0 Å². The summed E-state index contributed by atoms with van der Waals surface area (Å²) in [6.07, 6.45) is 10.0. The molecule has 1 saturated carbocycles. The average molecular weight is 652 g/mol. The van der Waals surface area contributed by atoms with Crippen LogP contribution in [0.4, 0.5) is 18.0 Å². The van der Waals surface area contributed by atoms with Crippen LogP contribution in [-0.2, 0) is 9.53 Å². The molecule has 11 heteroatoms. The van der Waals surface area contributed by atoms with E-state index in [2.05, 4.69) is 21.6 Å². The molecule has 1 atom stereocenters. The Morgan fingerprint density at radius 3 is 2.09 bits per heavy atom. The van der Waals surface area contributed by atoms with Gasteiger partial charge in [-0.15, -0.1) is 0 Å². The van der Waals surface area contributed by atoms with Crippen molar-refractivity contribution >= 4 is 18.0 Å². The molecule has 3 heterocycles. The minimum atomic E-state index is -5.08. The number of hydrogen-bond donors (Lipinski definition) is 1. The van der Waals surface area contributed by atoms with E-state index in [1.807, 2.05) is 32.0 Å². The van der Waals surface area contributed by atoms with E-state index >= 15 is 0 Å². The number of rotatable bonds is 8. The maximum atomic E-state index is 13.3. The number of halogens is 3. The molecule has 5 rings (SSSR count). The highest BCUT2D eigenvalue weighted by molar-refractivity contribution is 5.97. The zero-order valence-corrected chi connectivity index (χ0v) is 27.7. The van der Waals surface area contributed by atoms with Crippen molar-refractivity contribution in [3.05, 3.63) is 34.9 Å². The highest BCUT2D eigenvalue weighted by Gasteiger charge is 2.54. The molecule has 258 valence electrons. The molecule has 2 amide bonds. The molecule has 0 aromatic heterocycles. The summed E-state index contributed by atoms with van der Waals surface area (Å²) in [6.45, 7) is 10.8. The van der Waals surface area contributed by atoms with Crippen LogP contribution in [0.2, 0.25) is 0 Å². The van der Waals surface area contributed by atoms with Gasteiger partial charge >= 0.3 is 18.2 Å². The Kier molecular flexibility index (Phi) is 12.4. The van der Waals surface area contributed by atoms with Crippen molar-refractivity contribution in [2.75, 3.05) is 32.7 Å². The van der Waals surface area contributed by atoms with E-state index in [1.54, 1.807) is 0 Å². The highest BCUT2D eigenvalue weighted by Crippen LogP contribution is 2.42. The van der Waals surface area contributed by atoms with Gasteiger partial charge in [0.1, 0.15) is 5.60 Å². The van der Waals surface area contributed by atoms with Crippen molar-refractivity contribution < 1.29 is 37.4 Å². The number of aryl methyl sites for hydroxylation is 2. The van der Waals surface area contributed by atoms with Gasteiger partial charge in [0.05, 0.1) is 6.04 Å². The number of nitrogens with zero attached hydrogens (tertiary/aromatic N) is 3. The van der Waals surface area contributed by atoms with Gasteiger partial charge in [-0.05, 0) is 56.6 Å². The molecule has 1 aromatic rings. The molecule has 1 aromatic carbocycles. The van der Waals surface area contributed by atoms with Crippen LogP contribution in [0.5, 0.6) is 0 Å². The number of carbonyl (C=O) groups excluding carboxylic acids is 2. The lowest BCUT2D eigenvalue weighted by molar-refractivity contribution is -0.192. The minimum absolute atomic E-state index is 0.0568. The zero-order valence-electron chi connectivity index (χ0n) is 27.7. The van der Waals surface area contributed by atoms with Gasteiger partial charge in [-0.25, -0.2) is 9.59 Å². The third kappa shape index (κ3) is 8.75. The molecular formula is C35H52F3N3O5. The van der Waals surface area contributed by atoms with Gasteiger partial charge in [-0.2, -0.15) is 13.2 Å². The molecular weight excluding hydrogens is 599 g/mol. The number of alkyl halides is 3. The molecule has 0 bridgehead atoms. The smallest absolute Gasteiger partial charge is 0.475 e. The number of carboxylic acid groups (broad SMARTS) is 1. The van der Waals surface area contributed by atoms with Crippen molar-refractivity contribution in [1.82, 2.24) is 14.7 Å². The Bertz CT molecular complexity index is 1170. The third-order valence-corrected chi connectivity index (χ3v) is 10.7. The molecule has 1 spiro atoms. The first-order valence-electron chi connectivity index (χ1n) is 17.3. The molecule has 3 saturated heterocycles. The summed E-state index contributed by atoms with van der Waals surface area (Å²) in [5, 5.41) is 7.12. The Labute approximate surface area is 271 Å². The first-order chi connectivity index (χ1) is 21.9. The van der Waals surface area contributed by atoms with Crippen molar-refractivity contribution in [2.24, 2.45) is 5.92 Å². The predicted molar refractivity (Wildman–Crippen MR) is 170 cm³/mol. The van der Waals surface area contributed by atoms with Crippen LogP contribution in [0, 0.1) is 19.8 Å². The van der Waals surface area contributed by atoms with Crippen LogP contribution >= 0.6 is 0 Å². The second-order valence-electron chi connectivity index (χ2n) is 13.7. The highest BCUT2D eigenvalue weighted by atomic mass is 19.4. The fourth-order valence-corrected chi connectivity index (χ4v) is 8.02. The van der Waals surface area contributed by atoms with Crippen LogP contribution in [0.15, 0.2) is 18.2 Å². The van der Waals surface area contributed by atoms with E-state index in [-0.39, 0.29) is 23.6 Å². The monoisotopic (exact) mass is 651 g/mol. The SMILES string of the molecule is CCCCC1N(CCC2CCCCC2)C(=O)OC12CCN(C1CCN(C(=O)c3c(C)cccc3C)CC1)CC2.O=C(O)C(F)(F)F. The lowest BCUT2D eigenvalue weighted by Gasteiger charge is -2.46. The van der Waals surface area contributed by atoms with Gasteiger partial charge < -0.3 is 19.6 Å². The fraction of sp³-hybridized carbons (Fsp3) is 0.743. The second kappa shape index (κ2) is 15.8. The van der Waals surface area contributed by atoms with E-state index < -0.39 is 12.1 Å². The number of likely N-dealkylation sites (tertiary alicyclic amines) is 2. The quantitative estimate of drug-likeness (QED) is 0.316. The molecule has 0 radical (unpaired) electrons. The van der Waals surface area contributed by atoms with Gasteiger partial charge in [-0.1, -0.05) is 70.1 Å². The van der Waals surface area contributed by atoms with Crippen LogP contribution in [-0.4, -0.2) is 94.4 Å². The Morgan fingerprint density at radius 2 is 1.54 bits per heavy atom. The Morgan fingerprint density at radius 1 is 0.957 bits per heavy atom. The number of ether oxygens (including phenoxy) is 1. The first kappa shape index (κ1) is 36.0. The first-order valence-corrected chi connectivity index (χ1v) is 17.3. The zero-order chi connectivity index (χ0) is 33.5. The molecule has 4 fully saturated rings. The van der Waals surface area contributed by atoms with Crippen molar-refractivity contribution in [3.8, 4) is 0 Å². The van der Waals surface area contributed by atoms with Gasteiger partial charge in [-0.3, -0.25) is 9.69 Å². The normalized spacial score (nSPS) is 22.8. The second-order valence-corrected chi connectivity index (χ2v) is 13.7. The number of unbranched alkanes of at least 4 members (excludes halogenated alkanes) is 1. The molecule has 1 N–H and O–H groups in total. The maximum absolute atomic E-state index is 13.3. The molecule has 8 nitrogen and oxygen atoms in total. The predicted octanol–water partition coefficient (Wildman–Crippen LogP) is 7.36. The Hall–Kier alpha value is -2.82. The summed E-state index contributed by atoms with van der Waals surface area (Å²) in [5.74, 6) is -1.79. The van der Waals surface area contributed by atoms with Crippen LogP contribution < -0.4 is 0 Å². The summed E-state index contributed by atoms with van der Waals surface area (Å²) in [4.78, 5) is 42.2.